The van der Waals surface area contributed by atoms with Gasteiger partial charge in [-0.3, -0.25) is 4.79 Å². The van der Waals surface area contributed by atoms with Crippen molar-refractivity contribution in [2.45, 2.75) is 26.9 Å². The van der Waals surface area contributed by atoms with E-state index in [9.17, 15) is 9.59 Å². The number of Topliss-reactive ketones (excluding diaryl/α,β-unsaturated/α-hetero) is 1. The summed E-state index contributed by atoms with van der Waals surface area (Å²) in [6, 6.07) is 21.5. The molecule has 162 valence electrons. The Morgan fingerprint density at radius 2 is 1.62 bits per heavy atom. The van der Waals surface area contributed by atoms with Gasteiger partial charge in [0, 0.05) is 28.6 Å². The number of fused-ring (bicyclic) bond motifs is 2. The third-order valence-electron chi connectivity index (χ3n) is 5.25. The van der Waals surface area contributed by atoms with Crippen molar-refractivity contribution in [1.29, 1.82) is 0 Å². The number of hydrogen-bond donors (Lipinski definition) is 2. The molecule has 6 nitrogen and oxygen atoms in total. The summed E-state index contributed by atoms with van der Waals surface area (Å²) in [5.74, 6) is -0.911. The fourth-order valence-corrected chi connectivity index (χ4v) is 3.80. The number of para-hydroxylation sites is 2. The number of ether oxygens (including phenoxy) is 1. The van der Waals surface area contributed by atoms with Gasteiger partial charge < -0.3 is 20.6 Å². The molecular formula is C26H25N3O3. The van der Waals surface area contributed by atoms with Crippen LogP contribution in [0.15, 0.2) is 66.7 Å². The number of pyridine rings is 1. The molecule has 0 aliphatic rings. The Hall–Kier alpha value is -3.93. The number of benzene rings is 3. The third kappa shape index (κ3) is 4.70. The number of carbonyl (C=O) groups excluding carboxylic acids is 2. The van der Waals surface area contributed by atoms with Crippen molar-refractivity contribution in [2.24, 2.45) is 5.92 Å². The molecule has 0 bridgehead atoms. The summed E-state index contributed by atoms with van der Waals surface area (Å²) in [4.78, 5) is 28.2. The zero-order valence-corrected chi connectivity index (χ0v) is 18.1. The Morgan fingerprint density at radius 1 is 1.00 bits per heavy atom. The second kappa shape index (κ2) is 9.06. The first-order valence-electron chi connectivity index (χ1n) is 10.5. The van der Waals surface area contributed by atoms with Crippen molar-refractivity contribution in [3.8, 4) is 0 Å². The standard InChI is InChI=1S/C26H25N3O3/c1-16(11-17(2)30)26(31)32-15-18-12-19(27)14-20(13-18)28-25-21-7-3-5-9-23(21)29-24-10-6-4-8-22(24)25/h3-10,12-14,16H,11,15,27H2,1-2H3,(H,28,29). The number of rotatable bonds is 7. The number of nitrogen functional groups attached to an aromatic ring is 1. The number of nitrogens with two attached hydrogens (primary N) is 1. The highest BCUT2D eigenvalue weighted by atomic mass is 16.5. The van der Waals surface area contributed by atoms with Crippen molar-refractivity contribution in [3.05, 3.63) is 72.3 Å². The molecule has 0 radical (unpaired) electrons. The molecule has 1 heterocycles. The van der Waals surface area contributed by atoms with E-state index in [1.54, 1.807) is 13.0 Å². The fourth-order valence-electron chi connectivity index (χ4n) is 3.80. The highest BCUT2D eigenvalue weighted by Gasteiger charge is 2.17. The molecule has 3 N–H and O–H groups in total. The molecular weight excluding hydrogens is 402 g/mol. The lowest BCUT2D eigenvalue weighted by Gasteiger charge is -2.15. The first-order valence-corrected chi connectivity index (χ1v) is 10.5. The number of esters is 1. The van der Waals surface area contributed by atoms with Crippen LogP contribution in [-0.4, -0.2) is 16.7 Å². The largest absolute Gasteiger partial charge is 0.461 e. The first-order chi connectivity index (χ1) is 15.4. The fraction of sp³-hybridized carbons (Fsp3) is 0.192. The number of nitrogens with one attached hydrogen (secondary N) is 1. The summed E-state index contributed by atoms with van der Waals surface area (Å²) < 4.78 is 5.41. The Bertz CT molecular complexity index is 1260. The van der Waals surface area contributed by atoms with E-state index in [-0.39, 0.29) is 18.8 Å². The van der Waals surface area contributed by atoms with Gasteiger partial charge in [0.05, 0.1) is 22.6 Å². The zero-order valence-electron chi connectivity index (χ0n) is 18.1. The van der Waals surface area contributed by atoms with Gasteiger partial charge in [0.1, 0.15) is 12.4 Å². The van der Waals surface area contributed by atoms with Crippen molar-refractivity contribution in [3.63, 3.8) is 0 Å². The topological polar surface area (TPSA) is 94.3 Å². The SMILES string of the molecule is CC(=O)CC(C)C(=O)OCc1cc(N)cc(Nc2c3ccccc3nc3ccccc23)c1. The molecule has 0 saturated carbocycles. The van der Waals surface area contributed by atoms with E-state index in [4.69, 9.17) is 15.5 Å². The molecule has 0 aliphatic carbocycles. The van der Waals surface area contributed by atoms with Crippen LogP contribution in [0.2, 0.25) is 0 Å². The van der Waals surface area contributed by atoms with Crippen LogP contribution in [0, 0.1) is 5.92 Å². The molecule has 0 aliphatic heterocycles. The summed E-state index contributed by atoms with van der Waals surface area (Å²) in [6.07, 6.45) is 0.171. The van der Waals surface area contributed by atoms with E-state index in [1.807, 2.05) is 60.7 Å². The lowest BCUT2D eigenvalue weighted by Crippen LogP contribution is -2.17. The molecule has 4 rings (SSSR count). The van der Waals surface area contributed by atoms with E-state index in [0.717, 1.165) is 38.7 Å². The van der Waals surface area contributed by atoms with Crippen LogP contribution in [0.4, 0.5) is 17.1 Å². The van der Waals surface area contributed by atoms with Crippen molar-refractivity contribution < 1.29 is 14.3 Å². The van der Waals surface area contributed by atoms with Gasteiger partial charge in [-0.1, -0.05) is 43.3 Å². The molecule has 6 heteroatoms. The van der Waals surface area contributed by atoms with Gasteiger partial charge in [-0.15, -0.1) is 0 Å². The zero-order chi connectivity index (χ0) is 22.7. The van der Waals surface area contributed by atoms with Gasteiger partial charge in [0.25, 0.3) is 0 Å². The monoisotopic (exact) mass is 427 g/mol. The maximum atomic E-state index is 12.2. The summed E-state index contributed by atoms with van der Waals surface area (Å²) in [5, 5.41) is 5.50. The second-order valence-corrected chi connectivity index (χ2v) is 8.02. The van der Waals surface area contributed by atoms with Crippen LogP contribution in [0.25, 0.3) is 21.8 Å². The summed E-state index contributed by atoms with van der Waals surface area (Å²) >= 11 is 0. The number of anilines is 3. The van der Waals surface area contributed by atoms with Crippen LogP contribution in [0.1, 0.15) is 25.8 Å². The van der Waals surface area contributed by atoms with E-state index in [1.165, 1.54) is 6.92 Å². The molecule has 0 saturated heterocycles. The van der Waals surface area contributed by atoms with Gasteiger partial charge >= 0.3 is 5.97 Å². The van der Waals surface area contributed by atoms with E-state index in [0.29, 0.717) is 5.69 Å². The Morgan fingerprint density at radius 3 is 2.25 bits per heavy atom. The summed E-state index contributed by atoms with van der Waals surface area (Å²) in [6.45, 7) is 3.24. The summed E-state index contributed by atoms with van der Waals surface area (Å²) in [5.41, 5.74) is 11.0. The number of carbonyl (C=O) groups is 2. The highest BCUT2D eigenvalue weighted by Crippen LogP contribution is 2.33. The van der Waals surface area contributed by atoms with E-state index in [2.05, 4.69) is 5.32 Å². The van der Waals surface area contributed by atoms with Gasteiger partial charge in [-0.05, 0) is 42.8 Å². The second-order valence-electron chi connectivity index (χ2n) is 8.02. The number of ketones is 1. The van der Waals surface area contributed by atoms with Crippen LogP contribution in [-0.2, 0) is 20.9 Å². The number of hydrogen-bond acceptors (Lipinski definition) is 6. The molecule has 3 aromatic carbocycles. The highest BCUT2D eigenvalue weighted by molar-refractivity contribution is 6.08. The number of nitrogens with zero attached hydrogens (tertiary/aromatic N) is 1. The maximum Gasteiger partial charge on any atom is 0.309 e. The normalized spacial score (nSPS) is 11.9. The molecule has 32 heavy (non-hydrogen) atoms. The first kappa shape index (κ1) is 21.3. The van der Waals surface area contributed by atoms with Crippen LogP contribution < -0.4 is 11.1 Å². The van der Waals surface area contributed by atoms with Crippen molar-refractivity contribution in [2.75, 3.05) is 11.1 Å². The average Bonchev–Trinajstić information content (AvgIpc) is 2.76. The molecule has 4 aromatic rings. The molecule has 0 fully saturated rings. The Balaban J connectivity index is 1.63. The predicted molar refractivity (Wildman–Crippen MR) is 128 cm³/mol. The molecule has 1 atom stereocenters. The van der Waals surface area contributed by atoms with Gasteiger partial charge in [0.15, 0.2) is 0 Å². The van der Waals surface area contributed by atoms with Gasteiger partial charge in [-0.2, -0.15) is 0 Å². The predicted octanol–water partition coefficient (Wildman–Crippen LogP) is 5.37. The van der Waals surface area contributed by atoms with Crippen LogP contribution in [0.5, 0.6) is 0 Å². The average molecular weight is 428 g/mol. The smallest absolute Gasteiger partial charge is 0.309 e. The maximum absolute atomic E-state index is 12.2. The van der Waals surface area contributed by atoms with E-state index < -0.39 is 11.9 Å². The molecule has 0 amide bonds. The minimum Gasteiger partial charge on any atom is -0.461 e. The summed E-state index contributed by atoms with van der Waals surface area (Å²) in [7, 11) is 0. The minimum atomic E-state index is -0.472. The van der Waals surface area contributed by atoms with E-state index >= 15 is 0 Å². The van der Waals surface area contributed by atoms with Gasteiger partial charge in [0.2, 0.25) is 0 Å². The van der Waals surface area contributed by atoms with Crippen molar-refractivity contribution in [1.82, 2.24) is 4.98 Å². The third-order valence-corrected chi connectivity index (χ3v) is 5.25. The van der Waals surface area contributed by atoms with Gasteiger partial charge in [-0.25, -0.2) is 4.98 Å². The lowest BCUT2D eigenvalue weighted by atomic mass is 10.1. The van der Waals surface area contributed by atoms with Crippen LogP contribution >= 0.6 is 0 Å². The Labute approximate surface area is 186 Å². The molecule has 1 aromatic heterocycles. The lowest BCUT2D eigenvalue weighted by molar-refractivity contribution is -0.150. The minimum absolute atomic E-state index is 0.0401. The van der Waals surface area contributed by atoms with Crippen molar-refractivity contribution >= 4 is 50.6 Å². The molecule has 1 unspecified atom stereocenters. The molecule has 0 spiro atoms. The number of aromatic nitrogens is 1. The quantitative estimate of drug-likeness (QED) is 0.234. The van der Waals surface area contributed by atoms with Crippen LogP contribution in [0.3, 0.4) is 0 Å². The Kier molecular flexibility index (Phi) is 6.03.